The molecule has 0 heterocycles. The minimum atomic E-state index is -3.32. The van der Waals surface area contributed by atoms with Crippen molar-refractivity contribution in [3.63, 3.8) is 0 Å². The molecule has 2 unspecified atom stereocenters. The molecular formula is C19H27NO5S. The van der Waals surface area contributed by atoms with Gasteiger partial charge < -0.3 is 10.4 Å². The third-order valence-corrected chi connectivity index (χ3v) is 6.66. The molecule has 2 atom stereocenters. The van der Waals surface area contributed by atoms with E-state index in [9.17, 15) is 23.1 Å². The molecule has 1 amide bonds. The number of rotatable bonds is 6. The lowest BCUT2D eigenvalue weighted by Gasteiger charge is -2.27. The maximum atomic E-state index is 12.4. The lowest BCUT2D eigenvalue weighted by Crippen LogP contribution is -2.44. The number of sulfone groups is 1. The fourth-order valence-corrected chi connectivity index (χ4v) is 4.36. The van der Waals surface area contributed by atoms with Crippen molar-refractivity contribution in [2.75, 3.05) is 5.75 Å². The van der Waals surface area contributed by atoms with Gasteiger partial charge >= 0.3 is 5.97 Å². The lowest BCUT2D eigenvalue weighted by atomic mass is 9.86. The molecule has 26 heavy (non-hydrogen) atoms. The molecule has 144 valence electrons. The first-order valence-corrected chi connectivity index (χ1v) is 10.8. The molecule has 0 radical (unpaired) electrons. The first-order chi connectivity index (χ1) is 12.3. The van der Waals surface area contributed by atoms with Crippen LogP contribution in [0.3, 0.4) is 0 Å². The molecule has 2 rings (SSSR count). The van der Waals surface area contributed by atoms with E-state index >= 15 is 0 Å². The summed E-state index contributed by atoms with van der Waals surface area (Å²) in [5.41, 5.74) is 0.606. The molecule has 1 aromatic carbocycles. The Kier molecular flexibility index (Phi) is 7.20. The van der Waals surface area contributed by atoms with Crippen molar-refractivity contribution in [3.8, 4) is 0 Å². The van der Waals surface area contributed by atoms with Gasteiger partial charge in [0.15, 0.2) is 9.84 Å². The van der Waals surface area contributed by atoms with Crippen LogP contribution in [0, 0.1) is 5.92 Å². The summed E-state index contributed by atoms with van der Waals surface area (Å²) in [6, 6.07) is 6.01. The topological polar surface area (TPSA) is 101 Å². The van der Waals surface area contributed by atoms with E-state index in [1.165, 1.54) is 12.1 Å². The number of aliphatic carboxylic acids is 1. The van der Waals surface area contributed by atoms with Crippen LogP contribution in [0.2, 0.25) is 0 Å². The standard InChI is InChI=1S/C19H27NO5S/c1-2-26(24,25)15-9-7-8-14(12-15)13-18(21)20-17-11-6-4-3-5-10-16(17)19(22)23/h7-9,12,16-17H,2-6,10-11,13H2,1H3,(H,20,21)(H,22,23). The maximum Gasteiger partial charge on any atom is 0.308 e. The molecule has 1 aliphatic rings. The summed E-state index contributed by atoms with van der Waals surface area (Å²) >= 11 is 0. The zero-order chi connectivity index (χ0) is 19.2. The van der Waals surface area contributed by atoms with Crippen LogP contribution in [0.25, 0.3) is 0 Å². The lowest BCUT2D eigenvalue weighted by molar-refractivity contribution is -0.143. The van der Waals surface area contributed by atoms with Gasteiger partial charge in [-0.25, -0.2) is 8.42 Å². The van der Waals surface area contributed by atoms with E-state index in [-0.39, 0.29) is 29.0 Å². The Labute approximate surface area is 154 Å². The summed E-state index contributed by atoms with van der Waals surface area (Å²) in [6.07, 6.45) is 5.12. The predicted octanol–water partition coefficient (Wildman–Crippen LogP) is 2.56. The summed E-state index contributed by atoms with van der Waals surface area (Å²) in [5, 5.41) is 12.3. The Hall–Kier alpha value is -1.89. The number of benzene rings is 1. The Morgan fingerprint density at radius 1 is 1.15 bits per heavy atom. The van der Waals surface area contributed by atoms with Crippen LogP contribution in [0.1, 0.15) is 51.0 Å². The van der Waals surface area contributed by atoms with Gasteiger partial charge in [-0.1, -0.05) is 44.7 Å². The first-order valence-electron chi connectivity index (χ1n) is 9.17. The minimum absolute atomic E-state index is 0.00498. The fraction of sp³-hybridized carbons (Fsp3) is 0.579. The van der Waals surface area contributed by atoms with Gasteiger partial charge in [-0.2, -0.15) is 0 Å². The zero-order valence-electron chi connectivity index (χ0n) is 15.1. The summed E-state index contributed by atoms with van der Waals surface area (Å²) in [6.45, 7) is 1.58. The number of amides is 1. The predicted molar refractivity (Wildman–Crippen MR) is 98.6 cm³/mol. The van der Waals surface area contributed by atoms with Crippen LogP contribution >= 0.6 is 0 Å². The van der Waals surface area contributed by atoms with Crippen molar-refractivity contribution in [3.05, 3.63) is 29.8 Å². The van der Waals surface area contributed by atoms with Gasteiger partial charge in [0, 0.05) is 6.04 Å². The second-order valence-electron chi connectivity index (χ2n) is 6.84. The Balaban J connectivity index is 2.07. The highest BCUT2D eigenvalue weighted by Gasteiger charge is 2.29. The number of carbonyl (C=O) groups excluding carboxylic acids is 1. The smallest absolute Gasteiger partial charge is 0.308 e. The molecule has 0 aliphatic heterocycles. The van der Waals surface area contributed by atoms with Crippen LogP contribution < -0.4 is 5.32 Å². The Morgan fingerprint density at radius 2 is 1.85 bits per heavy atom. The Morgan fingerprint density at radius 3 is 2.50 bits per heavy atom. The van der Waals surface area contributed by atoms with Crippen molar-refractivity contribution in [1.29, 1.82) is 0 Å². The minimum Gasteiger partial charge on any atom is -0.481 e. The summed E-state index contributed by atoms with van der Waals surface area (Å²) in [4.78, 5) is 24.2. The van der Waals surface area contributed by atoms with Gasteiger partial charge in [-0.15, -0.1) is 0 Å². The number of carbonyl (C=O) groups is 2. The number of carboxylic acids is 1. The highest BCUT2D eigenvalue weighted by molar-refractivity contribution is 7.91. The Bertz CT molecular complexity index is 744. The molecule has 1 fully saturated rings. The van der Waals surface area contributed by atoms with Crippen molar-refractivity contribution >= 4 is 21.7 Å². The quantitative estimate of drug-likeness (QED) is 0.789. The summed E-state index contributed by atoms with van der Waals surface area (Å²) in [5.74, 6) is -1.70. The van der Waals surface area contributed by atoms with E-state index in [4.69, 9.17) is 0 Å². The molecule has 1 saturated carbocycles. The fourth-order valence-electron chi connectivity index (χ4n) is 3.41. The molecule has 1 aliphatic carbocycles. The van der Waals surface area contributed by atoms with Crippen LogP contribution in [-0.2, 0) is 25.8 Å². The zero-order valence-corrected chi connectivity index (χ0v) is 15.9. The van der Waals surface area contributed by atoms with Gasteiger partial charge in [0.25, 0.3) is 0 Å². The summed E-state index contributed by atoms with van der Waals surface area (Å²) < 4.78 is 24.0. The number of hydrogen-bond donors (Lipinski definition) is 2. The molecule has 2 N–H and O–H groups in total. The van der Waals surface area contributed by atoms with Crippen molar-refractivity contribution in [2.45, 2.75) is 62.8 Å². The monoisotopic (exact) mass is 381 g/mol. The maximum absolute atomic E-state index is 12.4. The van der Waals surface area contributed by atoms with Crippen molar-refractivity contribution < 1.29 is 23.1 Å². The molecule has 6 nitrogen and oxygen atoms in total. The van der Waals surface area contributed by atoms with Crippen LogP contribution in [0.5, 0.6) is 0 Å². The van der Waals surface area contributed by atoms with Crippen molar-refractivity contribution in [2.24, 2.45) is 5.92 Å². The van der Waals surface area contributed by atoms with Crippen LogP contribution in [-0.4, -0.2) is 37.2 Å². The summed E-state index contributed by atoms with van der Waals surface area (Å²) in [7, 11) is -3.32. The second kappa shape index (κ2) is 9.16. The van der Waals surface area contributed by atoms with Gasteiger partial charge in [0.1, 0.15) is 0 Å². The molecule has 0 aromatic heterocycles. The van der Waals surface area contributed by atoms with Crippen LogP contribution in [0.4, 0.5) is 0 Å². The van der Waals surface area contributed by atoms with E-state index in [1.807, 2.05) is 0 Å². The molecule has 1 aromatic rings. The molecular weight excluding hydrogens is 354 g/mol. The second-order valence-corrected chi connectivity index (χ2v) is 9.12. The number of carboxylic acid groups (broad SMARTS) is 1. The van der Waals surface area contributed by atoms with Gasteiger partial charge in [-0.3, -0.25) is 9.59 Å². The van der Waals surface area contributed by atoms with E-state index in [0.29, 0.717) is 18.4 Å². The average Bonchev–Trinajstić information content (AvgIpc) is 2.57. The van der Waals surface area contributed by atoms with Gasteiger partial charge in [0.2, 0.25) is 5.91 Å². The third-order valence-electron chi connectivity index (χ3n) is 4.93. The van der Waals surface area contributed by atoms with Gasteiger partial charge in [-0.05, 0) is 30.5 Å². The number of hydrogen-bond acceptors (Lipinski definition) is 4. The average molecular weight is 381 g/mol. The molecule has 0 saturated heterocycles. The SMILES string of the molecule is CCS(=O)(=O)c1cccc(CC(=O)NC2CCCCCCC2C(=O)O)c1. The third kappa shape index (κ3) is 5.56. The largest absolute Gasteiger partial charge is 0.481 e. The van der Waals surface area contributed by atoms with Gasteiger partial charge in [0.05, 0.1) is 23.0 Å². The van der Waals surface area contributed by atoms with Crippen molar-refractivity contribution in [1.82, 2.24) is 5.32 Å². The highest BCUT2D eigenvalue weighted by atomic mass is 32.2. The molecule has 0 spiro atoms. The molecule has 7 heteroatoms. The number of nitrogens with one attached hydrogen (secondary N) is 1. The normalized spacial score (nSPS) is 21.4. The highest BCUT2D eigenvalue weighted by Crippen LogP contribution is 2.23. The van der Waals surface area contributed by atoms with Crippen LogP contribution in [0.15, 0.2) is 29.2 Å². The van der Waals surface area contributed by atoms with E-state index in [2.05, 4.69) is 5.32 Å². The van der Waals surface area contributed by atoms with E-state index < -0.39 is 21.7 Å². The van der Waals surface area contributed by atoms with E-state index in [0.717, 1.165) is 25.7 Å². The first kappa shape index (κ1) is 20.4. The molecule has 0 bridgehead atoms. The van der Waals surface area contributed by atoms with E-state index in [1.54, 1.807) is 19.1 Å².